The van der Waals surface area contributed by atoms with Crippen LogP contribution in [0.15, 0.2) is 5.38 Å². The number of aromatic nitrogens is 1. The maximum Gasteiger partial charge on any atom is 0.293 e. The zero-order valence-corrected chi connectivity index (χ0v) is 13.9. The van der Waals surface area contributed by atoms with Gasteiger partial charge in [0.2, 0.25) is 5.91 Å². The molecule has 0 saturated carbocycles. The van der Waals surface area contributed by atoms with E-state index in [1.165, 1.54) is 48.3 Å². The summed E-state index contributed by atoms with van der Waals surface area (Å²) in [5.74, 6) is -0.357. The number of carbonyl (C=O) groups is 2. The van der Waals surface area contributed by atoms with E-state index in [0.717, 1.165) is 23.8 Å². The molecule has 0 aromatic carbocycles. The molecule has 1 aromatic heterocycles. The van der Waals surface area contributed by atoms with Crippen molar-refractivity contribution in [1.82, 2.24) is 15.8 Å². The lowest BCUT2D eigenvalue weighted by atomic mass is 10.1. The number of quaternary nitrogens is 1. The summed E-state index contributed by atoms with van der Waals surface area (Å²) < 4.78 is 0. The SMILES string of the molecule is Cc1csc(CC(=O)NNC(=O)C[NH+]2CCCCCCC2)n1. The van der Waals surface area contributed by atoms with Gasteiger partial charge < -0.3 is 4.90 Å². The first-order chi connectivity index (χ1) is 10.6. The van der Waals surface area contributed by atoms with Crippen LogP contribution in [0.5, 0.6) is 0 Å². The normalized spacial score (nSPS) is 16.6. The maximum absolute atomic E-state index is 11.9. The lowest BCUT2D eigenvalue weighted by molar-refractivity contribution is -0.893. The van der Waals surface area contributed by atoms with Crippen molar-refractivity contribution in [3.8, 4) is 0 Å². The van der Waals surface area contributed by atoms with Gasteiger partial charge in [-0.1, -0.05) is 6.42 Å². The number of rotatable bonds is 4. The standard InChI is InChI=1S/C15H24N4O2S/c1-12-11-22-15(16-12)9-13(20)17-18-14(21)10-19-7-5-3-2-4-6-8-19/h11H,2-10H2,1H3,(H,17,20)(H,18,21)/p+1. The summed E-state index contributed by atoms with van der Waals surface area (Å²) in [6, 6.07) is 0. The molecule has 6 nitrogen and oxygen atoms in total. The Bertz CT molecular complexity index is 495. The van der Waals surface area contributed by atoms with Gasteiger partial charge in [-0.05, 0) is 32.6 Å². The van der Waals surface area contributed by atoms with Gasteiger partial charge in [0.05, 0.1) is 19.5 Å². The Morgan fingerprint density at radius 2 is 1.77 bits per heavy atom. The molecule has 2 rings (SSSR count). The van der Waals surface area contributed by atoms with Gasteiger partial charge in [0.25, 0.3) is 5.91 Å². The average molecular weight is 325 g/mol. The van der Waals surface area contributed by atoms with Crippen LogP contribution < -0.4 is 15.8 Å². The van der Waals surface area contributed by atoms with Crippen molar-refractivity contribution in [2.75, 3.05) is 19.6 Å². The van der Waals surface area contributed by atoms with Gasteiger partial charge in [-0.2, -0.15) is 0 Å². The van der Waals surface area contributed by atoms with Gasteiger partial charge in [-0.3, -0.25) is 20.4 Å². The highest BCUT2D eigenvalue weighted by atomic mass is 32.1. The minimum Gasteiger partial charge on any atom is -0.327 e. The van der Waals surface area contributed by atoms with Crippen LogP contribution in [0.25, 0.3) is 0 Å². The van der Waals surface area contributed by atoms with Crippen LogP contribution in [-0.4, -0.2) is 36.4 Å². The molecule has 1 aliphatic rings. The van der Waals surface area contributed by atoms with Crippen molar-refractivity contribution >= 4 is 23.2 Å². The first-order valence-electron chi connectivity index (χ1n) is 7.96. The fourth-order valence-electron chi connectivity index (χ4n) is 2.66. The van der Waals surface area contributed by atoms with Crippen LogP contribution in [0.1, 0.15) is 42.8 Å². The molecule has 2 amide bonds. The highest BCUT2D eigenvalue weighted by Gasteiger charge is 2.16. The van der Waals surface area contributed by atoms with E-state index < -0.39 is 0 Å². The summed E-state index contributed by atoms with van der Waals surface area (Å²) >= 11 is 1.46. The number of nitrogens with zero attached hydrogens (tertiary/aromatic N) is 1. The topological polar surface area (TPSA) is 75.5 Å². The van der Waals surface area contributed by atoms with E-state index in [2.05, 4.69) is 15.8 Å². The average Bonchev–Trinajstić information content (AvgIpc) is 2.85. The molecule has 1 saturated heterocycles. The number of aryl methyl sites for hydroxylation is 1. The molecule has 1 aromatic rings. The van der Waals surface area contributed by atoms with Crippen LogP contribution in [0.4, 0.5) is 0 Å². The molecule has 0 aliphatic carbocycles. The molecule has 7 heteroatoms. The van der Waals surface area contributed by atoms with Crippen LogP contribution in [-0.2, 0) is 16.0 Å². The Morgan fingerprint density at radius 1 is 1.14 bits per heavy atom. The molecule has 1 fully saturated rings. The first kappa shape index (κ1) is 16.9. The largest absolute Gasteiger partial charge is 0.327 e. The number of likely N-dealkylation sites (tertiary alicyclic amines) is 1. The first-order valence-corrected chi connectivity index (χ1v) is 8.83. The van der Waals surface area contributed by atoms with Crippen molar-refractivity contribution in [2.24, 2.45) is 0 Å². The molecule has 0 atom stereocenters. The van der Waals surface area contributed by atoms with E-state index in [1.807, 2.05) is 12.3 Å². The van der Waals surface area contributed by atoms with Crippen LogP contribution in [0, 0.1) is 6.92 Å². The second-order valence-corrected chi connectivity index (χ2v) is 6.79. The lowest BCUT2D eigenvalue weighted by Gasteiger charge is -2.21. The zero-order valence-electron chi connectivity index (χ0n) is 13.1. The smallest absolute Gasteiger partial charge is 0.293 e. The summed E-state index contributed by atoms with van der Waals surface area (Å²) in [6.07, 6.45) is 6.39. The molecule has 0 radical (unpaired) electrons. The lowest BCUT2D eigenvalue weighted by Crippen LogP contribution is -3.13. The summed E-state index contributed by atoms with van der Waals surface area (Å²) in [5, 5.41) is 2.67. The number of amides is 2. The summed E-state index contributed by atoms with van der Waals surface area (Å²) in [7, 11) is 0. The Labute approximate surface area is 135 Å². The van der Waals surface area contributed by atoms with Crippen molar-refractivity contribution < 1.29 is 14.5 Å². The number of thiazole rings is 1. The van der Waals surface area contributed by atoms with Gasteiger partial charge >= 0.3 is 0 Å². The summed E-state index contributed by atoms with van der Waals surface area (Å²) in [5.41, 5.74) is 5.90. The third-order valence-electron chi connectivity index (χ3n) is 3.79. The maximum atomic E-state index is 11.9. The van der Waals surface area contributed by atoms with Crippen LogP contribution >= 0.6 is 11.3 Å². The number of nitrogens with one attached hydrogen (secondary N) is 3. The fourth-order valence-corrected chi connectivity index (χ4v) is 3.43. The minimum atomic E-state index is -0.231. The predicted molar refractivity (Wildman–Crippen MR) is 85.5 cm³/mol. The van der Waals surface area contributed by atoms with Crippen LogP contribution in [0.3, 0.4) is 0 Å². The summed E-state index contributed by atoms with van der Waals surface area (Å²) in [4.78, 5) is 29.2. The highest BCUT2D eigenvalue weighted by molar-refractivity contribution is 7.09. The molecule has 2 heterocycles. The zero-order chi connectivity index (χ0) is 15.8. The third-order valence-corrected chi connectivity index (χ3v) is 4.76. The molecule has 122 valence electrons. The Kier molecular flexibility index (Phi) is 6.79. The van der Waals surface area contributed by atoms with Crippen molar-refractivity contribution in [3.05, 3.63) is 16.1 Å². The van der Waals surface area contributed by atoms with E-state index in [1.54, 1.807) is 0 Å². The monoisotopic (exact) mass is 325 g/mol. The van der Waals surface area contributed by atoms with Gasteiger partial charge in [0.15, 0.2) is 6.54 Å². The molecular weight excluding hydrogens is 300 g/mol. The molecule has 0 bridgehead atoms. The van der Waals surface area contributed by atoms with E-state index in [-0.39, 0.29) is 18.2 Å². The third kappa shape index (κ3) is 6.11. The van der Waals surface area contributed by atoms with Gasteiger partial charge in [0, 0.05) is 11.1 Å². The molecule has 3 N–H and O–H groups in total. The van der Waals surface area contributed by atoms with Crippen molar-refractivity contribution in [3.63, 3.8) is 0 Å². The van der Waals surface area contributed by atoms with Gasteiger partial charge in [-0.25, -0.2) is 4.98 Å². The van der Waals surface area contributed by atoms with E-state index in [9.17, 15) is 9.59 Å². The summed E-state index contributed by atoms with van der Waals surface area (Å²) in [6.45, 7) is 4.40. The number of carbonyl (C=O) groups excluding carboxylic acids is 2. The van der Waals surface area contributed by atoms with Crippen molar-refractivity contribution in [1.29, 1.82) is 0 Å². The quantitative estimate of drug-likeness (QED) is 0.682. The predicted octanol–water partition coefficient (Wildman–Crippen LogP) is -0.00958. The molecule has 1 aliphatic heterocycles. The van der Waals surface area contributed by atoms with Crippen molar-refractivity contribution in [2.45, 2.75) is 45.4 Å². The second-order valence-electron chi connectivity index (χ2n) is 5.85. The Balaban J connectivity index is 1.66. The molecular formula is C15H25N4O2S+. The fraction of sp³-hybridized carbons (Fsp3) is 0.667. The Hall–Kier alpha value is -1.47. The van der Waals surface area contributed by atoms with Crippen LogP contribution in [0.2, 0.25) is 0 Å². The molecule has 0 spiro atoms. The Morgan fingerprint density at radius 3 is 2.41 bits per heavy atom. The van der Waals surface area contributed by atoms with Gasteiger partial charge in [0.1, 0.15) is 5.01 Å². The molecule has 0 unspecified atom stereocenters. The number of hydrogen-bond donors (Lipinski definition) is 3. The number of hydrogen-bond acceptors (Lipinski definition) is 4. The van der Waals surface area contributed by atoms with Gasteiger partial charge in [-0.15, -0.1) is 11.3 Å². The molecule has 22 heavy (non-hydrogen) atoms. The highest BCUT2D eigenvalue weighted by Crippen LogP contribution is 2.08. The minimum absolute atomic E-state index is 0.126. The number of hydrazine groups is 1. The van der Waals surface area contributed by atoms with E-state index in [0.29, 0.717) is 6.54 Å². The second kappa shape index (κ2) is 8.85. The van der Waals surface area contributed by atoms with E-state index >= 15 is 0 Å². The van der Waals surface area contributed by atoms with E-state index in [4.69, 9.17) is 0 Å².